The van der Waals surface area contributed by atoms with Gasteiger partial charge in [0.05, 0.1) is 43.0 Å². The molecule has 7 heteroatoms. The second kappa shape index (κ2) is 7.55. The van der Waals surface area contributed by atoms with Crippen LogP contribution in [0.4, 0.5) is 0 Å². The summed E-state index contributed by atoms with van der Waals surface area (Å²) in [5.41, 5.74) is 2.09. The summed E-state index contributed by atoms with van der Waals surface area (Å²) in [6, 6.07) is 2.03. The van der Waals surface area contributed by atoms with Crippen LogP contribution in [-0.2, 0) is 22.6 Å². The Labute approximate surface area is 152 Å². The van der Waals surface area contributed by atoms with Gasteiger partial charge in [0.2, 0.25) is 0 Å². The monoisotopic (exact) mass is 363 g/mol. The van der Waals surface area contributed by atoms with Gasteiger partial charge in [-0.25, -0.2) is 4.98 Å². The lowest BCUT2D eigenvalue weighted by atomic mass is 10.0. The lowest BCUT2D eigenvalue weighted by molar-refractivity contribution is -0.143. The summed E-state index contributed by atoms with van der Waals surface area (Å²) < 4.78 is 17.4. The highest BCUT2D eigenvalue weighted by Gasteiger charge is 2.40. The molecule has 1 spiro atoms. The van der Waals surface area contributed by atoms with Crippen LogP contribution in [-0.4, -0.2) is 66.4 Å². The van der Waals surface area contributed by atoms with Crippen LogP contribution in [0.1, 0.15) is 16.3 Å². The molecule has 0 N–H and O–H groups in total. The number of hydrogen-bond acceptors (Lipinski definition) is 7. The van der Waals surface area contributed by atoms with Gasteiger partial charge in [-0.15, -0.1) is 11.3 Å². The number of ether oxygens (including phenoxy) is 2. The Morgan fingerprint density at radius 2 is 2.04 bits per heavy atom. The molecule has 136 valence electrons. The van der Waals surface area contributed by atoms with E-state index in [1.54, 1.807) is 17.6 Å². The molecule has 0 aromatic carbocycles. The average Bonchev–Trinajstić information content (AvgIpc) is 3.19. The average molecular weight is 363 g/mol. The molecule has 0 saturated carbocycles. The van der Waals surface area contributed by atoms with E-state index in [9.17, 15) is 0 Å². The molecule has 1 unspecified atom stereocenters. The normalized spacial score (nSPS) is 26.1. The van der Waals surface area contributed by atoms with Gasteiger partial charge in [-0.1, -0.05) is 0 Å². The Morgan fingerprint density at radius 3 is 2.80 bits per heavy atom. The zero-order chi connectivity index (χ0) is 17.1. The highest BCUT2D eigenvalue weighted by atomic mass is 32.1. The van der Waals surface area contributed by atoms with Crippen LogP contribution in [0.5, 0.6) is 0 Å². The van der Waals surface area contributed by atoms with Crippen LogP contribution in [0, 0.1) is 6.92 Å². The first-order chi connectivity index (χ1) is 12.2. The molecule has 2 fully saturated rings. The Hall–Kier alpha value is -1.25. The number of furan rings is 1. The maximum Gasteiger partial charge on any atom is 0.117 e. The van der Waals surface area contributed by atoms with Crippen molar-refractivity contribution in [1.82, 2.24) is 14.8 Å². The van der Waals surface area contributed by atoms with Crippen molar-refractivity contribution in [2.45, 2.75) is 25.6 Å². The largest absolute Gasteiger partial charge is 0.472 e. The molecule has 4 rings (SSSR count). The minimum Gasteiger partial charge on any atom is -0.472 e. The molecule has 2 aliphatic rings. The molecule has 0 aliphatic carbocycles. The van der Waals surface area contributed by atoms with E-state index in [1.165, 1.54) is 5.56 Å². The summed E-state index contributed by atoms with van der Waals surface area (Å²) in [4.78, 5) is 9.47. The maximum atomic E-state index is 6.26. The Bertz CT molecular complexity index is 675. The summed E-state index contributed by atoms with van der Waals surface area (Å²) in [5, 5.41) is 3.27. The fourth-order valence-corrected chi connectivity index (χ4v) is 4.31. The van der Waals surface area contributed by atoms with Crippen molar-refractivity contribution in [3.63, 3.8) is 0 Å². The Balaban J connectivity index is 1.43. The third kappa shape index (κ3) is 4.30. The molecular weight excluding hydrogens is 338 g/mol. The van der Waals surface area contributed by atoms with Crippen LogP contribution < -0.4 is 0 Å². The summed E-state index contributed by atoms with van der Waals surface area (Å²) in [7, 11) is 0. The van der Waals surface area contributed by atoms with Gasteiger partial charge in [0.15, 0.2) is 0 Å². The summed E-state index contributed by atoms with van der Waals surface area (Å²) in [5.74, 6) is 0. The zero-order valence-corrected chi connectivity index (χ0v) is 15.5. The topological polar surface area (TPSA) is 51.0 Å². The first-order valence-electron chi connectivity index (χ1n) is 8.79. The van der Waals surface area contributed by atoms with Crippen molar-refractivity contribution in [2.75, 3.05) is 46.0 Å². The van der Waals surface area contributed by atoms with Gasteiger partial charge in [0, 0.05) is 50.2 Å². The Morgan fingerprint density at radius 1 is 1.20 bits per heavy atom. The number of hydrogen-bond donors (Lipinski definition) is 0. The van der Waals surface area contributed by atoms with Crippen LogP contribution in [0.15, 0.2) is 28.4 Å². The predicted octanol–water partition coefficient (Wildman–Crippen LogP) is 2.15. The van der Waals surface area contributed by atoms with Crippen molar-refractivity contribution in [1.29, 1.82) is 0 Å². The van der Waals surface area contributed by atoms with Gasteiger partial charge in [0.1, 0.15) is 5.60 Å². The smallest absolute Gasteiger partial charge is 0.117 e. The van der Waals surface area contributed by atoms with E-state index in [4.69, 9.17) is 13.9 Å². The van der Waals surface area contributed by atoms with E-state index in [-0.39, 0.29) is 5.60 Å². The molecular formula is C18H25N3O3S. The molecule has 2 aromatic rings. The van der Waals surface area contributed by atoms with E-state index in [0.29, 0.717) is 6.61 Å². The minimum absolute atomic E-state index is 0.260. The Kier molecular flexibility index (Phi) is 5.19. The standard InChI is InChI=1S/C18H25N3O3S/c1-15-19-17(11-25-15)9-21-3-6-23-14-18(13-21)12-20(4-7-24-18)8-16-2-5-22-10-16/h2,5,10-11H,3-4,6-9,12-14H2,1H3. The van der Waals surface area contributed by atoms with Gasteiger partial charge < -0.3 is 13.9 Å². The lowest BCUT2D eigenvalue weighted by Gasteiger charge is -2.43. The fraction of sp³-hybridized carbons (Fsp3) is 0.611. The SMILES string of the molecule is Cc1nc(CN2CCOCC3(CN(Cc4ccoc4)CCO3)C2)cs1. The molecule has 2 aliphatic heterocycles. The number of morpholine rings is 1. The fourth-order valence-electron chi connectivity index (χ4n) is 3.71. The van der Waals surface area contributed by atoms with Crippen LogP contribution >= 0.6 is 11.3 Å². The molecule has 1 atom stereocenters. The van der Waals surface area contributed by atoms with E-state index >= 15 is 0 Å². The first kappa shape index (κ1) is 17.2. The van der Waals surface area contributed by atoms with Crippen molar-refractivity contribution < 1.29 is 13.9 Å². The molecule has 2 aromatic heterocycles. The molecule has 0 radical (unpaired) electrons. The third-order valence-electron chi connectivity index (χ3n) is 4.79. The number of thiazole rings is 1. The summed E-state index contributed by atoms with van der Waals surface area (Å²) >= 11 is 1.71. The second-order valence-electron chi connectivity index (χ2n) is 6.99. The minimum atomic E-state index is -0.260. The van der Waals surface area contributed by atoms with Crippen LogP contribution in [0.3, 0.4) is 0 Å². The summed E-state index contributed by atoms with van der Waals surface area (Å²) in [6.07, 6.45) is 3.56. The van der Waals surface area contributed by atoms with Gasteiger partial charge in [-0.2, -0.15) is 0 Å². The van der Waals surface area contributed by atoms with E-state index in [2.05, 4.69) is 27.1 Å². The quantitative estimate of drug-likeness (QED) is 0.830. The molecule has 6 nitrogen and oxygen atoms in total. The molecule has 0 bridgehead atoms. The maximum absolute atomic E-state index is 6.26. The number of aromatic nitrogens is 1. The van der Waals surface area contributed by atoms with Crippen molar-refractivity contribution in [3.05, 3.63) is 40.2 Å². The lowest BCUT2D eigenvalue weighted by Crippen LogP contribution is -2.58. The van der Waals surface area contributed by atoms with Gasteiger partial charge in [-0.3, -0.25) is 9.80 Å². The number of nitrogens with zero attached hydrogens (tertiary/aromatic N) is 3. The van der Waals surface area contributed by atoms with Crippen molar-refractivity contribution in [2.24, 2.45) is 0 Å². The number of rotatable bonds is 4. The third-order valence-corrected chi connectivity index (χ3v) is 5.62. The van der Waals surface area contributed by atoms with Crippen molar-refractivity contribution >= 4 is 11.3 Å². The predicted molar refractivity (Wildman–Crippen MR) is 95.6 cm³/mol. The van der Waals surface area contributed by atoms with Gasteiger partial charge in [0.25, 0.3) is 0 Å². The molecule has 25 heavy (non-hydrogen) atoms. The first-order valence-corrected chi connectivity index (χ1v) is 9.67. The van der Waals surface area contributed by atoms with Crippen LogP contribution in [0.2, 0.25) is 0 Å². The summed E-state index contributed by atoms with van der Waals surface area (Å²) in [6.45, 7) is 9.58. The second-order valence-corrected chi connectivity index (χ2v) is 8.06. The van der Waals surface area contributed by atoms with E-state index in [1.807, 2.05) is 12.3 Å². The van der Waals surface area contributed by atoms with Crippen molar-refractivity contribution in [3.8, 4) is 0 Å². The van der Waals surface area contributed by atoms with Gasteiger partial charge >= 0.3 is 0 Å². The van der Waals surface area contributed by atoms with Crippen LogP contribution in [0.25, 0.3) is 0 Å². The van der Waals surface area contributed by atoms with Gasteiger partial charge in [-0.05, 0) is 13.0 Å². The molecule has 0 amide bonds. The zero-order valence-electron chi connectivity index (χ0n) is 14.6. The van der Waals surface area contributed by atoms with E-state index < -0.39 is 0 Å². The highest BCUT2D eigenvalue weighted by molar-refractivity contribution is 7.09. The molecule has 2 saturated heterocycles. The number of aryl methyl sites for hydroxylation is 1. The highest BCUT2D eigenvalue weighted by Crippen LogP contribution is 2.25. The van der Waals surface area contributed by atoms with E-state index in [0.717, 1.165) is 63.2 Å². The molecule has 4 heterocycles.